The zero-order valence-electron chi connectivity index (χ0n) is 16.6. The summed E-state index contributed by atoms with van der Waals surface area (Å²) >= 11 is 0. The van der Waals surface area contributed by atoms with Gasteiger partial charge in [-0.1, -0.05) is 12.1 Å². The minimum absolute atomic E-state index is 0. The van der Waals surface area contributed by atoms with E-state index in [-0.39, 0.29) is 24.0 Å². The van der Waals surface area contributed by atoms with Crippen molar-refractivity contribution in [3.8, 4) is 5.75 Å². The SMILES string of the molecule is CN=C(NCCCCN(C)C(C)C)N(C)Cc1ccc(OC)cc1.I. The Morgan fingerprint density at radius 3 is 2.32 bits per heavy atom. The molecule has 0 heterocycles. The molecule has 0 unspecified atom stereocenters. The molecule has 1 N–H and O–H groups in total. The van der Waals surface area contributed by atoms with Crippen LogP contribution in [-0.2, 0) is 6.54 Å². The molecule has 144 valence electrons. The van der Waals surface area contributed by atoms with E-state index in [0.717, 1.165) is 37.8 Å². The summed E-state index contributed by atoms with van der Waals surface area (Å²) in [6.45, 7) is 7.37. The largest absolute Gasteiger partial charge is 0.497 e. The van der Waals surface area contributed by atoms with E-state index in [9.17, 15) is 0 Å². The Labute approximate surface area is 170 Å². The lowest BCUT2D eigenvalue weighted by Crippen LogP contribution is -2.39. The van der Waals surface area contributed by atoms with Crippen LogP contribution in [0.15, 0.2) is 29.3 Å². The molecular weight excluding hydrogens is 427 g/mol. The second-order valence-corrected chi connectivity index (χ2v) is 6.46. The van der Waals surface area contributed by atoms with Crippen LogP contribution in [0, 0.1) is 0 Å². The van der Waals surface area contributed by atoms with Gasteiger partial charge in [0, 0.05) is 33.2 Å². The molecule has 6 heteroatoms. The highest BCUT2D eigenvalue weighted by Gasteiger charge is 2.07. The molecule has 0 atom stereocenters. The van der Waals surface area contributed by atoms with Gasteiger partial charge in [-0.3, -0.25) is 4.99 Å². The molecule has 0 spiro atoms. The van der Waals surface area contributed by atoms with Gasteiger partial charge in [0.05, 0.1) is 7.11 Å². The lowest BCUT2D eigenvalue weighted by atomic mass is 10.2. The molecule has 0 bridgehead atoms. The van der Waals surface area contributed by atoms with Crippen molar-refractivity contribution in [2.75, 3.05) is 41.3 Å². The molecule has 25 heavy (non-hydrogen) atoms. The Kier molecular flexibility index (Phi) is 12.7. The van der Waals surface area contributed by atoms with Crippen molar-refractivity contribution in [1.29, 1.82) is 0 Å². The first-order valence-corrected chi connectivity index (χ1v) is 8.73. The van der Waals surface area contributed by atoms with Crippen molar-refractivity contribution >= 4 is 29.9 Å². The highest BCUT2D eigenvalue weighted by atomic mass is 127. The minimum atomic E-state index is 0. The molecule has 0 aliphatic heterocycles. The first kappa shape index (κ1) is 24.0. The predicted molar refractivity (Wildman–Crippen MR) is 118 cm³/mol. The summed E-state index contributed by atoms with van der Waals surface area (Å²) in [5.74, 6) is 1.82. The molecule has 1 aromatic carbocycles. The van der Waals surface area contributed by atoms with Gasteiger partial charge in [0.15, 0.2) is 5.96 Å². The van der Waals surface area contributed by atoms with Crippen LogP contribution in [-0.4, -0.2) is 63.1 Å². The van der Waals surface area contributed by atoms with Crippen LogP contribution >= 0.6 is 24.0 Å². The van der Waals surface area contributed by atoms with E-state index < -0.39 is 0 Å². The molecule has 0 saturated heterocycles. The quantitative estimate of drug-likeness (QED) is 0.264. The molecule has 1 aromatic rings. The van der Waals surface area contributed by atoms with Crippen LogP contribution in [0.1, 0.15) is 32.3 Å². The monoisotopic (exact) mass is 462 g/mol. The molecule has 0 radical (unpaired) electrons. The Balaban J connectivity index is 0.00000576. The number of guanidine groups is 1. The average molecular weight is 462 g/mol. The van der Waals surface area contributed by atoms with Gasteiger partial charge in [0.2, 0.25) is 0 Å². The van der Waals surface area contributed by atoms with Gasteiger partial charge < -0.3 is 19.9 Å². The van der Waals surface area contributed by atoms with Gasteiger partial charge in [0.1, 0.15) is 5.75 Å². The van der Waals surface area contributed by atoms with Crippen molar-refractivity contribution in [3.63, 3.8) is 0 Å². The van der Waals surface area contributed by atoms with Crippen molar-refractivity contribution in [3.05, 3.63) is 29.8 Å². The van der Waals surface area contributed by atoms with Crippen LogP contribution in [0.3, 0.4) is 0 Å². The number of unbranched alkanes of at least 4 members (excludes halogenated alkanes) is 1. The Morgan fingerprint density at radius 2 is 1.80 bits per heavy atom. The molecule has 0 aliphatic rings. The molecule has 5 nitrogen and oxygen atoms in total. The Hall–Kier alpha value is -1.02. The highest BCUT2D eigenvalue weighted by Crippen LogP contribution is 2.12. The van der Waals surface area contributed by atoms with Crippen LogP contribution in [0.4, 0.5) is 0 Å². The van der Waals surface area contributed by atoms with E-state index in [2.05, 4.69) is 60.2 Å². The predicted octanol–water partition coefficient (Wildman–Crippen LogP) is 3.44. The molecule has 1 rings (SSSR count). The summed E-state index contributed by atoms with van der Waals surface area (Å²) in [4.78, 5) is 8.90. The lowest BCUT2D eigenvalue weighted by Gasteiger charge is -2.23. The van der Waals surface area contributed by atoms with Crippen molar-refractivity contribution in [1.82, 2.24) is 15.1 Å². The minimum Gasteiger partial charge on any atom is -0.497 e. The number of ether oxygens (including phenoxy) is 1. The number of nitrogens with one attached hydrogen (secondary N) is 1. The number of methoxy groups -OCH3 is 1. The van der Waals surface area contributed by atoms with Crippen molar-refractivity contribution in [2.45, 2.75) is 39.3 Å². The molecule has 0 saturated carbocycles. The fraction of sp³-hybridized carbons (Fsp3) is 0.632. The van der Waals surface area contributed by atoms with Gasteiger partial charge in [-0.2, -0.15) is 0 Å². The van der Waals surface area contributed by atoms with Gasteiger partial charge in [0.25, 0.3) is 0 Å². The fourth-order valence-corrected chi connectivity index (χ4v) is 2.41. The van der Waals surface area contributed by atoms with E-state index in [1.54, 1.807) is 7.11 Å². The Morgan fingerprint density at radius 1 is 1.16 bits per heavy atom. The summed E-state index contributed by atoms with van der Waals surface area (Å²) in [5, 5.41) is 3.45. The average Bonchev–Trinajstić information content (AvgIpc) is 2.58. The fourth-order valence-electron chi connectivity index (χ4n) is 2.41. The highest BCUT2D eigenvalue weighted by molar-refractivity contribution is 14.0. The second-order valence-electron chi connectivity index (χ2n) is 6.46. The lowest BCUT2D eigenvalue weighted by molar-refractivity contribution is 0.268. The standard InChI is InChI=1S/C19H34N4O.HI/c1-16(2)22(4)14-8-7-13-21-19(20-3)23(5)15-17-9-11-18(24-6)12-10-17;/h9-12,16H,7-8,13-15H2,1-6H3,(H,20,21);1H. The van der Waals surface area contributed by atoms with E-state index >= 15 is 0 Å². The maximum absolute atomic E-state index is 5.20. The van der Waals surface area contributed by atoms with Crippen LogP contribution in [0.2, 0.25) is 0 Å². The van der Waals surface area contributed by atoms with E-state index in [1.807, 2.05) is 19.2 Å². The molecule has 0 fully saturated rings. The summed E-state index contributed by atoms with van der Waals surface area (Å²) in [6.07, 6.45) is 2.34. The number of aliphatic imine (C=N–C) groups is 1. The molecule has 0 aliphatic carbocycles. The van der Waals surface area contributed by atoms with Crippen LogP contribution in [0.5, 0.6) is 5.75 Å². The number of hydrogen-bond acceptors (Lipinski definition) is 3. The maximum Gasteiger partial charge on any atom is 0.193 e. The van der Waals surface area contributed by atoms with Crippen LogP contribution < -0.4 is 10.1 Å². The molecule has 0 amide bonds. The number of benzene rings is 1. The summed E-state index contributed by atoms with van der Waals surface area (Å²) in [7, 11) is 7.76. The third kappa shape index (κ3) is 9.30. The van der Waals surface area contributed by atoms with Gasteiger partial charge in [-0.15, -0.1) is 24.0 Å². The first-order valence-electron chi connectivity index (χ1n) is 8.73. The zero-order valence-corrected chi connectivity index (χ0v) is 18.9. The number of hydrogen-bond donors (Lipinski definition) is 1. The summed E-state index contributed by atoms with van der Waals surface area (Å²) < 4.78 is 5.20. The van der Waals surface area contributed by atoms with Gasteiger partial charge in [-0.05, 0) is 58.0 Å². The summed E-state index contributed by atoms with van der Waals surface area (Å²) in [6, 6.07) is 8.77. The Bertz CT molecular complexity index is 491. The second kappa shape index (κ2) is 13.2. The first-order chi connectivity index (χ1) is 11.5. The normalized spacial score (nSPS) is 11.4. The zero-order chi connectivity index (χ0) is 17.9. The van der Waals surface area contributed by atoms with E-state index in [0.29, 0.717) is 6.04 Å². The van der Waals surface area contributed by atoms with Crippen molar-refractivity contribution < 1.29 is 4.74 Å². The third-order valence-electron chi connectivity index (χ3n) is 4.25. The summed E-state index contributed by atoms with van der Waals surface area (Å²) in [5.41, 5.74) is 1.24. The van der Waals surface area contributed by atoms with Gasteiger partial charge >= 0.3 is 0 Å². The molecular formula is C19H35IN4O. The van der Waals surface area contributed by atoms with E-state index in [1.165, 1.54) is 12.0 Å². The van der Waals surface area contributed by atoms with E-state index in [4.69, 9.17) is 4.74 Å². The smallest absolute Gasteiger partial charge is 0.193 e. The van der Waals surface area contributed by atoms with Gasteiger partial charge in [-0.25, -0.2) is 0 Å². The van der Waals surface area contributed by atoms with Crippen LogP contribution in [0.25, 0.3) is 0 Å². The number of halogens is 1. The van der Waals surface area contributed by atoms with Crippen molar-refractivity contribution in [2.24, 2.45) is 4.99 Å². The number of nitrogens with zero attached hydrogens (tertiary/aromatic N) is 3. The maximum atomic E-state index is 5.20. The molecule has 0 aromatic heterocycles. The third-order valence-corrected chi connectivity index (χ3v) is 4.25. The number of rotatable bonds is 9. The topological polar surface area (TPSA) is 40.1 Å².